The summed E-state index contributed by atoms with van der Waals surface area (Å²) in [6, 6.07) is 1.48. The van der Waals surface area contributed by atoms with Crippen LogP contribution in [0.3, 0.4) is 0 Å². The number of hydrogen-bond donors (Lipinski definition) is 2. The third-order valence-corrected chi connectivity index (χ3v) is 3.89. The molecule has 110 valence electrons. The Labute approximate surface area is 119 Å². The quantitative estimate of drug-likeness (QED) is 0.867. The number of hydrogen-bond acceptors (Lipinski definition) is 3. The third kappa shape index (κ3) is 3.48. The van der Waals surface area contributed by atoms with Gasteiger partial charge in [0.15, 0.2) is 5.43 Å². The van der Waals surface area contributed by atoms with E-state index < -0.39 is 0 Å². The molecule has 1 aromatic rings. The summed E-state index contributed by atoms with van der Waals surface area (Å²) in [6.45, 7) is 7.17. The first-order valence-corrected chi connectivity index (χ1v) is 7.31. The molecule has 2 heterocycles. The van der Waals surface area contributed by atoms with E-state index in [2.05, 4.69) is 10.3 Å². The summed E-state index contributed by atoms with van der Waals surface area (Å²) in [5, 5.41) is 3.32. The van der Waals surface area contributed by atoms with Crippen molar-refractivity contribution in [2.24, 2.45) is 5.92 Å². The molecule has 1 amide bonds. The average molecular weight is 277 g/mol. The Morgan fingerprint density at radius 2 is 2.10 bits per heavy atom. The second-order valence-corrected chi connectivity index (χ2v) is 5.43. The minimum Gasteiger partial charge on any atom is -0.364 e. The number of rotatable bonds is 4. The number of pyridine rings is 1. The maximum atomic E-state index is 12.5. The second-order valence-electron chi connectivity index (χ2n) is 5.43. The highest BCUT2D eigenvalue weighted by Crippen LogP contribution is 2.14. The number of aromatic nitrogens is 1. The zero-order valence-electron chi connectivity index (χ0n) is 12.2. The number of aromatic amines is 1. The van der Waals surface area contributed by atoms with Crippen molar-refractivity contribution in [3.05, 3.63) is 33.7 Å². The molecular formula is C15H23N3O2. The fraction of sp³-hybridized carbons (Fsp3) is 0.600. The van der Waals surface area contributed by atoms with Gasteiger partial charge in [0.1, 0.15) is 5.56 Å². The SMILES string of the molecule is CCN(CC1CCNCC1)C(=O)c1c[nH]c(C)cc1=O. The molecule has 2 N–H and O–H groups in total. The third-order valence-electron chi connectivity index (χ3n) is 3.89. The Morgan fingerprint density at radius 3 is 2.70 bits per heavy atom. The van der Waals surface area contributed by atoms with Crippen molar-refractivity contribution in [2.75, 3.05) is 26.2 Å². The number of carbonyl (C=O) groups excluding carboxylic acids is 1. The first-order valence-electron chi connectivity index (χ1n) is 7.31. The molecule has 1 aromatic heterocycles. The molecule has 1 aliphatic rings. The van der Waals surface area contributed by atoms with Gasteiger partial charge in [0, 0.05) is 31.0 Å². The lowest BCUT2D eigenvalue weighted by Gasteiger charge is -2.29. The fourth-order valence-electron chi connectivity index (χ4n) is 2.64. The molecule has 0 aliphatic carbocycles. The molecule has 0 bridgehead atoms. The minimum absolute atomic E-state index is 0.160. The van der Waals surface area contributed by atoms with Gasteiger partial charge in [0.25, 0.3) is 5.91 Å². The largest absolute Gasteiger partial charge is 0.364 e. The number of piperidine rings is 1. The molecule has 1 saturated heterocycles. The number of nitrogens with zero attached hydrogens (tertiary/aromatic N) is 1. The summed E-state index contributed by atoms with van der Waals surface area (Å²) in [5.41, 5.74) is 0.814. The number of carbonyl (C=O) groups is 1. The van der Waals surface area contributed by atoms with Crippen molar-refractivity contribution in [3.8, 4) is 0 Å². The zero-order valence-corrected chi connectivity index (χ0v) is 12.2. The van der Waals surface area contributed by atoms with E-state index in [0.29, 0.717) is 12.5 Å². The van der Waals surface area contributed by atoms with E-state index >= 15 is 0 Å². The van der Waals surface area contributed by atoms with Crippen LogP contribution in [0.25, 0.3) is 0 Å². The predicted molar refractivity (Wildman–Crippen MR) is 79.0 cm³/mol. The molecule has 0 radical (unpaired) electrons. The topological polar surface area (TPSA) is 65.2 Å². The van der Waals surface area contributed by atoms with Crippen LogP contribution >= 0.6 is 0 Å². The lowest BCUT2D eigenvalue weighted by molar-refractivity contribution is 0.0725. The van der Waals surface area contributed by atoms with E-state index in [-0.39, 0.29) is 16.9 Å². The molecule has 0 atom stereocenters. The Balaban J connectivity index is 2.09. The maximum Gasteiger partial charge on any atom is 0.259 e. The molecule has 5 nitrogen and oxygen atoms in total. The lowest BCUT2D eigenvalue weighted by atomic mass is 9.97. The highest BCUT2D eigenvalue weighted by Gasteiger charge is 2.22. The van der Waals surface area contributed by atoms with Crippen LogP contribution < -0.4 is 10.7 Å². The summed E-state index contributed by atoms with van der Waals surface area (Å²) >= 11 is 0. The first-order chi connectivity index (χ1) is 9.61. The first kappa shape index (κ1) is 14.8. The predicted octanol–water partition coefficient (Wildman–Crippen LogP) is 1.15. The molecule has 0 spiro atoms. The Bertz CT molecular complexity index is 518. The van der Waals surface area contributed by atoms with Gasteiger partial charge >= 0.3 is 0 Å². The molecule has 20 heavy (non-hydrogen) atoms. The monoisotopic (exact) mass is 277 g/mol. The van der Waals surface area contributed by atoms with Gasteiger partial charge in [0.2, 0.25) is 0 Å². The van der Waals surface area contributed by atoms with Gasteiger partial charge in [-0.05, 0) is 45.7 Å². The normalized spacial score (nSPS) is 16.1. The van der Waals surface area contributed by atoms with Gasteiger partial charge in [-0.1, -0.05) is 0 Å². The minimum atomic E-state index is -0.199. The standard InChI is InChI=1S/C15H23N3O2/c1-3-18(10-12-4-6-16-7-5-12)15(20)13-9-17-11(2)8-14(13)19/h8-9,12,16H,3-7,10H2,1-2H3,(H,17,19). The molecule has 1 aliphatic heterocycles. The number of aryl methyl sites for hydroxylation is 1. The smallest absolute Gasteiger partial charge is 0.259 e. The number of amides is 1. The zero-order chi connectivity index (χ0) is 14.5. The van der Waals surface area contributed by atoms with Crippen LogP contribution in [0, 0.1) is 12.8 Å². The van der Waals surface area contributed by atoms with Gasteiger partial charge in [-0.25, -0.2) is 0 Å². The van der Waals surface area contributed by atoms with Crippen LogP contribution in [0.15, 0.2) is 17.1 Å². The van der Waals surface area contributed by atoms with Gasteiger partial charge in [-0.2, -0.15) is 0 Å². The van der Waals surface area contributed by atoms with E-state index in [1.807, 2.05) is 13.8 Å². The average Bonchev–Trinajstić information content (AvgIpc) is 2.45. The molecule has 0 aromatic carbocycles. The number of H-pyrrole nitrogens is 1. The molecular weight excluding hydrogens is 254 g/mol. The van der Waals surface area contributed by atoms with Crippen LogP contribution in [0.1, 0.15) is 35.8 Å². The summed E-state index contributed by atoms with van der Waals surface area (Å²) < 4.78 is 0. The Morgan fingerprint density at radius 1 is 1.40 bits per heavy atom. The Kier molecular flexibility index (Phi) is 4.95. The van der Waals surface area contributed by atoms with Crippen molar-refractivity contribution >= 4 is 5.91 Å². The molecule has 1 fully saturated rings. The van der Waals surface area contributed by atoms with Gasteiger partial charge in [-0.3, -0.25) is 9.59 Å². The maximum absolute atomic E-state index is 12.5. The second kappa shape index (κ2) is 6.70. The van der Waals surface area contributed by atoms with Gasteiger partial charge in [0.05, 0.1) is 0 Å². The summed E-state index contributed by atoms with van der Waals surface area (Å²) in [6.07, 6.45) is 3.72. The molecule has 2 rings (SSSR count). The van der Waals surface area contributed by atoms with E-state index in [1.54, 1.807) is 4.90 Å². The van der Waals surface area contributed by atoms with Crippen molar-refractivity contribution in [3.63, 3.8) is 0 Å². The van der Waals surface area contributed by atoms with E-state index in [4.69, 9.17) is 0 Å². The van der Waals surface area contributed by atoms with Crippen molar-refractivity contribution in [2.45, 2.75) is 26.7 Å². The highest BCUT2D eigenvalue weighted by atomic mass is 16.2. The van der Waals surface area contributed by atoms with Crippen molar-refractivity contribution in [1.29, 1.82) is 0 Å². The van der Waals surface area contributed by atoms with Crippen LogP contribution in [0.2, 0.25) is 0 Å². The van der Waals surface area contributed by atoms with Gasteiger partial charge in [-0.15, -0.1) is 0 Å². The van der Waals surface area contributed by atoms with E-state index in [0.717, 1.165) is 38.2 Å². The van der Waals surface area contributed by atoms with Crippen LogP contribution in [-0.2, 0) is 0 Å². The van der Waals surface area contributed by atoms with Crippen LogP contribution in [0.4, 0.5) is 0 Å². The number of nitrogens with one attached hydrogen (secondary N) is 2. The summed E-state index contributed by atoms with van der Waals surface area (Å²) in [5.74, 6) is 0.372. The molecule has 5 heteroatoms. The molecule has 0 saturated carbocycles. The van der Waals surface area contributed by atoms with Crippen molar-refractivity contribution < 1.29 is 4.79 Å². The fourth-order valence-corrected chi connectivity index (χ4v) is 2.64. The van der Waals surface area contributed by atoms with Gasteiger partial charge < -0.3 is 15.2 Å². The Hall–Kier alpha value is -1.62. The molecule has 0 unspecified atom stereocenters. The van der Waals surface area contributed by atoms with Crippen molar-refractivity contribution in [1.82, 2.24) is 15.2 Å². The lowest BCUT2D eigenvalue weighted by Crippen LogP contribution is -2.40. The summed E-state index contributed by atoms with van der Waals surface area (Å²) in [4.78, 5) is 29.1. The highest BCUT2D eigenvalue weighted by molar-refractivity contribution is 5.93. The van der Waals surface area contributed by atoms with Crippen LogP contribution in [-0.4, -0.2) is 42.0 Å². The van der Waals surface area contributed by atoms with E-state index in [1.165, 1.54) is 12.3 Å². The van der Waals surface area contributed by atoms with Crippen LogP contribution in [0.5, 0.6) is 0 Å². The van der Waals surface area contributed by atoms with E-state index in [9.17, 15) is 9.59 Å². The summed E-state index contributed by atoms with van der Waals surface area (Å²) in [7, 11) is 0.